The molecule has 172 valence electrons. The smallest absolute Gasteiger partial charge is 0.547 e. The summed E-state index contributed by atoms with van der Waals surface area (Å²) in [5.74, 6) is -3.13. The van der Waals surface area contributed by atoms with Gasteiger partial charge in [-0.05, 0) is 11.1 Å². The molecular weight excluding hydrogens is 500 g/mol. The Hall–Kier alpha value is -0.500. The van der Waals surface area contributed by atoms with Crippen molar-refractivity contribution in [2.75, 3.05) is 24.6 Å². The Morgan fingerprint density at radius 3 is 1.24 bits per heavy atom. The van der Waals surface area contributed by atoms with E-state index < -0.39 is 39.7 Å². The van der Waals surface area contributed by atoms with Gasteiger partial charge in [0.1, 0.15) is 24.5 Å². The van der Waals surface area contributed by atoms with E-state index in [0.29, 0.717) is 25.2 Å². The fraction of sp³-hybridized carbons (Fsp3) is 0.364. The molecule has 12 heteroatoms. The fourth-order valence-electron chi connectivity index (χ4n) is 2.51. The van der Waals surface area contributed by atoms with E-state index in [0.717, 1.165) is 11.1 Å². The monoisotopic (exact) mass is 526 g/mol. The number of hydrogen-bond acceptors (Lipinski definition) is 8. The van der Waals surface area contributed by atoms with Gasteiger partial charge in [-0.2, -0.15) is 0 Å². The van der Waals surface area contributed by atoms with Crippen LogP contribution in [-0.4, -0.2) is 59.0 Å². The van der Waals surface area contributed by atoms with Gasteiger partial charge in [-0.15, -0.1) is 0 Å². The molecule has 4 unspecified atom stereocenters. The molecule has 0 aromatic heterocycles. The van der Waals surface area contributed by atoms with Gasteiger partial charge in [0.2, 0.25) is 0 Å². The summed E-state index contributed by atoms with van der Waals surface area (Å²) in [6, 6.07) is 19.0. The minimum Gasteiger partial charge on any atom is -0.547 e. The van der Waals surface area contributed by atoms with Gasteiger partial charge in [0.15, 0.2) is 12.3 Å². The van der Waals surface area contributed by atoms with Gasteiger partial charge in [-0.25, -0.2) is 0 Å². The van der Waals surface area contributed by atoms with Gasteiger partial charge in [0, 0.05) is 12.8 Å². The second kappa shape index (κ2) is 20.7. The van der Waals surface area contributed by atoms with Crippen molar-refractivity contribution in [3.8, 4) is 0 Å². The van der Waals surface area contributed by atoms with E-state index in [1.165, 1.54) is 0 Å². The molecule has 0 spiro atoms. The van der Waals surface area contributed by atoms with E-state index in [-0.39, 0.29) is 71.4 Å². The van der Waals surface area contributed by atoms with E-state index in [1.54, 1.807) is 0 Å². The van der Waals surface area contributed by atoms with Gasteiger partial charge >= 0.3 is 74.7 Å². The molecule has 2 N–H and O–H groups in total. The van der Waals surface area contributed by atoms with Crippen LogP contribution < -0.4 is 69.3 Å². The molecule has 0 heterocycles. The molecular formula is C22H26Na2O8P2+2. The fourth-order valence-corrected chi connectivity index (χ4v) is 4.96. The van der Waals surface area contributed by atoms with Gasteiger partial charge < -0.3 is 30.0 Å². The van der Waals surface area contributed by atoms with E-state index in [4.69, 9.17) is 10.2 Å². The summed E-state index contributed by atoms with van der Waals surface area (Å²) in [6.07, 6.45) is -1.72. The van der Waals surface area contributed by atoms with Crippen LogP contribution in [0.4, 0.5) is 0 Å². The summed E-state index contributed by atoms with van der Waals surface area (Å²) < 4.78 is 22.9. The first-order chi connectivity index (χ1) is 15.2. The van der Waals surface area contributed by atoms with Crippen LogP contribution in [0.15, 0.2) is 60.7 Å². The largest absolute Gasteiger partial charge is 1.00 e. The number of benzene rings is 2. The van der Waals surface area contributed by atoms with Gasteiger partial charge in [0.05, 0.1) is 11.9 Å². The molecule has 0 saturated carbocycles. The first-order valence-electron chi connectivity index (χ1n) is 9.89. The minimum atomic E-state index is -1.70. The van der Waals surface area contributed by atoms with Crippen molar-refractivity contribution in [1.29, 1.82) is 0 Å². The van der Waals surface area contributed by atoms with Crippen molar-refractivity contribution in [3.05, 3.63) is 71.8 Å². The Labute approximate surface area is 245 Å². The number of carboxylic acids is 2. The van der Waals surface area contributed by atoms with Crippen molar-refractivity contribution in [2.45, 2.75) is 25.0 Å². The molecule has 4 atom stereocenters. The molecule has 2 aromatic rings. The van der Waals surface area contributed by atoms with Gasteiger partial charge in [-0.3, -0.25) is 0 Å². The number of aryl methyl sites for hydroxylation is 2. The van der Waals surface area contributed by atoms with Crippen LogP contribution in [0.5, 0.6) is 0 Å². The molecule has 0 amide bonds. The first kappa shape index (κ1) is 35.7. The number of carbonyl (C=O) groups is 2. The zero-order valence-electron chi connectivity index (χ0n) is 19.4. The predicted octanol–water partition coefficient (Wildman–Crippen LogP) is -5.66. The maximum atomic E-state index is 11.4. The van der Waals surface area contributed by atoms with E-state index in [9.17, 15) is 28.9 Å². The normalized spacial score (nSPS) is 12.4. The standard InChI is InChI=1S/2C11H13O4P.2Na/c2*12-10(11(13)14)8-16(15)7-6-9-4-2-1-3-5-9;;/h2*1-5,10,12H,6-8H2;;/q;;2*+1. The second-order valence-electron chi connectivity index (χ2n) is 6.92. The van der Waals surface area contributed by atoms with Gasteiger partial charge in [0.25, 0.3) is 0 Å². The minimum absolute atomic E-state index is 0. The molecule has 2 aromatic carbocycles. The third-order valence-corrected chi connectivity index (χ3v) is 7.23. The van der Waals surface area contributed by atoms with Crippen LogP contribution in [0.25, 0.3) is 0 Å². The summed E-state index contributed by atoms with van der Waals surface area (Å²) in [5.41, 5.74) is 2.10. The third kappa shape index (κ3) is 17.0. The Morgan fingerprint density at radius 2 is 0.971 bits per heavy atom. The van der Waals surface area contributed by atoms with Gasteiger partial charge in [-0.1, -0.05) is 69.8 Å². The Morgan fingerprint density at radius 1 is 0.676 bits per heavy atom. The molecule has 0 bridgehead atoms. The van der Waals surface area contributed by atoms with E-state index in [2.05, 4.69) is 0 Å². The molecule has 8 nitrogen and oxygen atoms in total. The van der Waals surface area contributed by atoms with Crippen molar-refractivity contribution in [1.82, 2.24) is 0 Å². The molecule has 0 aliphatic carbocycles. The van der Waals surface area contributed by atoms with E-state index in [1.807, 2.05) is 60.7 Å². The number of hydrogen-bond donors (Lipinski definition) is 2. The molecule has 2 rings (SSSR count). The zero-order valence-corrected chi connectivity index (χ0v) is 25.2. The van der Waals surface area contributed by atoms with E-state index >= 15 is 0 Å². The van der Waals surface area contributed by atoms with Crippen molar-refractivity contribution in [3.63, 3.8) is 0 Å². The van der Waals surface area contributed by atoms with Crippen LogP contribution in [0, 0.1) is 0 Å². The molecule has 0 fully saturated rings. The topological polar surface area (TPSA) is 155 Å². The quantitative estimate of drug-likeness (QED) is 0.205. The van der Waals surface area contributed by atoms with Crippen LogP contribution >= 0.6 is 15.6 Å². The third-order valence-electron chi connectivity index (χ3n) is 4.28. The number of carbonyl (C=O) groups excluding carboxylic acids is 2. The summed E-state index contributed by atoms with van der Waals surface area (Å²) >= 11 is 0. The molecule has 0 saturated heterocycles. The maximum absolute atomic E-state index is 11.4. The van der Waals surface area contributed by atoms with Crippen molar-refractivity contribution < 1.29 is 98.3 Å². The van der Waals surface area contributed by atoms with Crippen molar-refractivity contribution >= 4 is 27.5 Å². The van der Waals surface area contributed by atoms with Crippen LogP contribution in [0.2, 0.25) is 0 Å². The SMILES string of the molecule is O=C([O-])C(O)C[P+](=O)CCc1ccccc1.O=C([O-])C(O)C[P+](=O)CCc1ccccc1.[Na+].[Na+]. The Kier molecular flexibility index (Phi) is 21.7. The Balaban J connectivity index is 0. The van der Waals surface area contributed by atoms with Crippen molar-refractivity contribution in [2.24, 2.45) is 0 Å². The molecule has 0 aliphatic heterocycles. The summed E-state index contributed by atoms with van der Waals surface area (Å²) in [7, 11) is -3.39. The molecule has 34 heavy (non-hydrogen) atoms. The summed E-state index contributed by atoms with van der Waals surface area (Å²) in [4.78, 5) is 20.4. The number of carboxylic acid groups (broad SMARTS) is 2. The second-order valence-corrected chi connectivity index (χ2v) is 10.5. The Bertz CT molecular complexity index is 811. The predicted molar refractivity (Wildman–Crippen MR) is 117 cm³/mol. The average molecular weight is 526 g/mol. The molecule has 0 radical (unpaired) electrons. The van der Waals surface area contributed by atoms with Crippen LogP contribution in [-0.2, 0) is 31.6 Å². The summed E-state index contributed by atoms with van der Waals surface area (Å²) in [5, 5.41) is 38.3. The number of aliphatic carboxylic acids is 2. The average Bonchev–Trinajstić information content (AvgIpc) is 2.78. The zero-order chi connectivity index (χ0) is 23.9. The van der Waals surface area contributed by atoms with Crippen LogP contribution in [0.1, 0.15) is 11.1 Å². The molecule has 0 aliphatic rings. The number of rotatable bonds is 12. The number of aliphatic hydroxyl groups excluding tert-OH is 2. The maximum Gasteiger partial charge on any atom is 1.00 e. The van der Waals surface area contributed by atoms with Crippen LogP contribution in [0.3, 0.4) is 0 Å². The number of aliphatic hydroxyl groups is 2. The summed E-state index contributed by atoms with van der Waals surface area (Å²) in [6.45, 7) is 0. The first-order valence-corrected chi connectivity index (χ1v) is 13.1.